The molecule has 0 bridgehead atoms. The lowest BCUT2D eigenvalue weighted by atomic mass is 9.74. The fraction of sp³-hybridized carbons (Fsp3) is 0.913. The Morgan fingerprint density at radius 3 is 2.33 bits per heavy atom. The van der Waals surface area contributed by atoms with Crippen molar-refractivity contribution in [2.24, 2.45) is 11.8 Å². The number of Topliss-reactive ketones (excluding diaryl/α,β-unsaturated/α-hetero) is 1. The second-order valence-electron chi connectivity index (χ2n) is 10.3. The molecule has 4 rings (SSSR count). The van der Waals surface area contributed by atoms with Crippen LogP contribution in [0.2, 0.25) is 0 Å². The van der Waals surface area contributed by atoms with Gasteiger partial charge in [-0.05, 0) is 45.6 Å². The molecule has 30 heavy (non-hydrogen) atoms. The molecular formula is C23H40N4O3. The van der Waals surface area contributed by atoms with E-state index in [1.54, 1.807) is 4.90 Å². The third-order valence-corrected chi connectivity index (χ3v) is 8.72. The van der Waals surface area contributed by atoms with E-state index in [2.05, 4.69) is 10.9 Å². The first kappa shape index (κ1) is 22.2. The molecule has 170 valence electrons. The molecule has 3 atom stereocenters. The first-order chi connectivity index (χ1) is 14.4. The van der Waals surface area contributed by atoms with Gasteiger partial charge in [0.25, 0.3) is 0 Å². The van der Waals surface area contributed by atoms with Crippen molar-refractivity contribution in [1.82, 2.24) is 20.7 Å². The molecule has 1 spiro atoms. The molecule has 3 unspecified atom stereocenters. The minimum absolute atomic E-state index is 0.00241. The Labute approximate surface area is 180 Å². The van der Waals surface area contributed by atoms with Crippen LogP contribution in [-0.4, -0.2) is 64.2 Å². The van der Waals surface area contributed by atoms with E-state index in [1.807, 2.05) is 14.0 Å². The summed E-state index contributed by atoms with van der Waals surface area (Å²) in [7, 11) is 1.83. The lowest BCUT2D eigenvalue weighted by Crippen LogP contribution is -2.53. The van der Waals surface area contributed by atoms with Crippen LogP contribution in [0.3, 0.4) is 0 Å². The summed E-state index contributed by atoms with van der Waals surface area (Å²) in [5.74, 6) is 0.0813. The highest BCUT2D eigenvalue weighted by Crippen LogP contribution is 2.42. The van der Waals surface area contributed by atoms with Crippen LogP contribution in [0.25, 0.3) is 0 Å². The molecule has 2 aliphatic carbocycles. The average molecular weight is 421 g/mol. The van der Waals surface area contributed by atoms with E-state index in [4.69, 9.17) is 0 Å². The summed E-state index contributed by atoms with van der Waals surface area (Å²) in [6.07, 6.45) is 12.5. The number of ketones is 1. The van der Waals surface area contributed by atoms with Crippen molar-refractivity contribution in [2.75, 3.05) is 20.1 Å². The molecule has 1 amide bonds. The summed E-state index contributed by atoms with van der Waals surface area (Å²) in [6.45, 7) is 2.57. The van der Waals surface area contributed by atoms with Crippen LogP contribution in [0.5, 0.6) is 0 Å². The normalized spacial score (nSPS) is 36.2. The number of aliphatic hydroxyl groups is 1. The highest BCUT2D eigenvalue weighted by molar-refractivity contribution is 5.94. The molecule has 3 N–H and O–H groups in total. The van der Waals surface area contributed by atoms with Gasteiger partial charge in [0.05, 0.1) is 12.5 Å². The van der Waals surface area contributed by atoms with E-state index in [1.165, 1.54) is 30.6 Å². The maximum atomic E-state index is 13.5. The van der Waals surface area contributed by atoms with E-state index >= 15 is 0 Å². The van der Waals surface area contributed by atoms with Crippen LogP contribution < -0.4 is 10.9 Å². The molecule has 7 heteroatoms. The molecule has 2 saturated carbocycles. The number of nitrogens with one attached hydrogen (secondary N) is 2. The van der Waals surface area contributed by atoms with Crippen molar-refractivity contribution in [3.05, 3.63) is 0 Å². The summed E-state index contributed by atoms with van der Waals surface area (Å²) in [4.78, 5) is 30.2. The number of hydrogen-bond acceptors (Lipinski definition) is 6. The van der Waals surface area contributed by atoms with E-state index in [9.17, 15) is 14.7 Å². The summed E-state index contributed by atoms with van der Waals surface area (Å²) in [5, 5.41) is 10.9. The van der Waals surface area contributed by atoms with E-state index in [0.717, 1.165) is 51.4 Å². The Balaban J connectivity index is 1.49. The maximum Gasteiger partial charge on any atom is 0.246 e. The zero-order valence-electron chi connectivity index (χ0n) is 18.8. The summed E-state index contributed by atoms with van der Waals surface area (Å²) in [5.41, 5.74) is 5.76. The van der Waals surface area contributed by atoms with Gasteiger partial charge < -0.3 is 5.11 Å². The van der Waals surface area contributed by atoms with Crippen LogP contribution in [-0.2, 0) is 9.59 Å². The van der Waals surface area contributed by atoms with Crippen LogP contribution in [0, 0.1) is 11.8 Å². The molecule has 2 heterocycles. The first-order valence-electron chi connectivity index (χ1n) is 12.1. The quantitative estimate of drug-likeness (QED) is 0.646. The van der Waals surface area contributed by atoms with E-state index < -0.39 is 11.9 Å². The molecule has 0 aromatic carbocycles. The van der Waals surface area contributed by atoms with Gasteiger partial charge >= 0.3 is 0 Å². The largest absolute Gasteiger partial charge is 0.361 e. The third-order valence-electron chi connectivity index (χ3n) is 8.72. The summed E-state index contributed by atoms with van der Waals surface area (Å²) < 4.78 is 0. The fourth-order valence-electron chi connectivity index (χ4n) is 6.60. The van der Waals surface area contributed by atoms with Crippen molar-refractivity contribution in [2.45, 2.75) is 101 Å². The van der Waals surface area contributed by atoms with Crippen LogP contribution in [0.15, 0.2) is 0 Å². The molecule has 2 aliphatic heterocycles. The van der Waals surface area contributed by atoms with Crippen LogP contribution in [0.4, 0.5) is 0 Å². The highest BCUT2D eigenvalue weighted by Gasteiger charge is 2.57. The monoisotopic (exact) mass is 420 g/mol. The van der Waals surface area contributed by atoms with Gasteiger partial charge in [-0.3, -0.25) is 25.3 Å². The van der Waals surface area contributed by atoms with Crippen molar-refractivity contribution in [1.29, 1.82) is 0 Å². The number of likely N-dealkylation sites (N-methyl/N-ethyl adjacent to an activating group) is 1. The van der Waals surface area contributed by atoms with Gasteiger partial charge in [0.15, 0.2) is 12.1 Å². The number of hydrogen-bond donors (Lipinski definition) is 3. The van der Waals surface area contributed by atoms with Crippen molar-refractivity contribution in [3.63, 3.8) is 0 Å². The zero-order chi connectivity index (χ0) is 21.4. The third kappa shape index (κ3) is 3.72. The molecular weight excluding hydrogens is 380 g/mol. The van der Waals surface area contributed by atoms with Crippen molar-refractivity contribution < 1.29 is 14.7 Å². The molecule has 2 saturated heterocycles. The van der Waals surface area contributed by atoms with Crippen molar-refractivity contribution >= 4 is 11.7 Å². The number of carbonyl (C=O) groups excluding carboxylic acids is 2. The predicted molar refractivity (Wildman–Crippen MR) is 115 cm³/mol. The number of aliphatic hydroxyl groups excluding tert-OH is 1. The van der Waals surface area contributed by atoms with Gasteiger partial charge in [0.1, 0.15) is 5.54 Å². The smallest absolute Gasteiger partial charge is 0.246 e. The number of rotatable bonds is 4. The minimum atomic E-state index is -1.02. The van der Waals surface area contributed by atoms with Gasteiger partial charge in [-0.25, -0.2) is 4.90 Å². The number of hydrazine groups is 1. The first-order valence-corrected chi connectivity index (χ1v) is 12.1. The highest BCUT2D eigenvalue weighted by atomic mass is 16.3. The van der Waals surface area contributed by atoms with Crippen molar-refractivity contribution in [3.8, 4) is 0 Å². The van der Waals surface area contributed by atoms with E-state index in [-0.39, 0.29) is 35.6 Å². The lowest BCUT2D eigenvalue weighted by molar-refractivity contribution is -0.143. The Kier molecular flexibility index (Phi) is 6.54. The summed E-state index contributed by atoms with van der Waals surface area (Å²) in [6, 6.07) is 0. The van der Waals surface area contributed by atoms with Crippen LogP contribution >= 0.6 is 0 Å². The Bertz CT molecular complexity index is 642. The average Bonchev–Trinajstić information content (AvgIpc) is 3.23. The zero-order valence-corrected chi connectivity index (χ0v) is 18.8. The molecule has 0 aromatic rings. The molecule has 7 nitrogen and oxygen atoms in total. The molecule has 0 aromatic heterocycles. The number of carbonyl (C=O) groups is 2. The Morgan fingerprint density at radius 1 is 1.07 bits per heavy atom. The topological polar surface area (TPSA) is 84.9 Å². The SMILES string of the molecule is CN1C(O)N(CC(=O)C2CNNC23CCCCCCC3)C(=O)C1(C)C1CCCCC1. The van der Waals surface area contributed by atoms with E-state index in [0.29, 0.717) is 6.54 Å². The van der Waals surface area contributed by atoms with Gasteiger partial charge in [0.2, 0.25) is 5.91 Å². The minimum Gasteiger partial charge on any atom is -0.361 e. The second-order valence-corrected chi connectivity index (χ2v) is 10.3. The molecule has 4 fully saturated rings. The standard InChI is InChI=1S/C23H40N4O3/c1-22(17-11-7-6-8-12-17)20(29)27(21(30)26(22)2)16-19(28)18-15-24-25-23(18)13-9-4-3-5-10-14-23/h17-18,21,24-25,30H,3-16H2,1-2H3. The van der Waals surface area contributed by atoms with Gasteiger partial charge in [-0.1, -0.05) is 51.4 Å². The number of nitrogens with zero attached hydrogens (tertiary/aromatic N) is 2. The predicted octanol–water partition coefficient (Wildman–Crippen LogP) is 2.15. The maximum absolute atomic E-state index is 13.5. The molecule has 0 radical (unpaired) electrons. The van der Waals surface area contributed by atoms with Gasteiger partial charge in [-0.2, -0.15) is 0 Å². The van der Waals surface area contributed by atoms with Gasteiger partial charge in [0, 0.05) is 12.1 Å². The van der Waals surface area contributed by atoms with Gasteiger partial charge in [-0.15, -0.1) is 0 Å². The van der Waals surface area contributed by atoms with Crippen LogP contribution in [0.1, 0.15) is 84.0 Å². The second kappa shape index (κ2) is 8.85. The molecule has 4 aliphatic rings. The fourth-order valence-corrected chi connectivity index (χ4v) is 6.60. The Morgan fingerprint density at radius 2 is 1.67 bits per heavy atom. The summed E-state index contributed by atoms with van der Waals surface area (Å²) >= 11 is 0. The number of amides is 1. The Hall–Kier alpha value is -1.02. The lowest BCUT2D eigenvalue weighted by Gasteiger charge is -2.39.